The zero-order chi connectivity index (χ0) is 27.5. The van der Waals surface area contributed by atoms with Crippen LogP contribution < -0.4 is 20.7 Å². The van der Waals surface area contributed by atoms with E-state index in [1.807, 2.05) is 30.3 Å². The lowest BCUT2D eigenvalue weighted by Gasteiger charge is -2.34. The Morgan fingerprint density at radius 1 is 0.275 bits per heavy atom. The van der Waals surface area contributed by atoms with Crippen molar-refractivity contribution in [1.29, 1.82) is 0 Å². The van der Waals surface area contributed by atoms with Crippen molar-refractivity contribution in [3.8, 4) is 22.3 Å². The molecule has 6 aromatic carbocycles. The van der Waals surface area contributed by atoms with Crippen molar-refractivity contribution >= 4 is 28.8 Å². The number of hydrogen-bond acceptors (Lipinski definition) is 0. The maximum Gasteiger partial charge on any atom is 0.179 e. The number of hydrogen-bond donors (Lipinski definition) is 0. The van der Waals surface area contributed by atoms with Crippen LogP contribution in [-0.4, -0.2) is 8.07 Å². The molecular formula is C36H25F3Si. The molecule has 6 aromatic rings. The van der Waals surface area contributed by atoms with Crippen LogP contribution >= 0.6 is 0 Å². The molecule has 0 aromatic heterocycles. The molecule has 194 valence electrons. The summed E-state index contributed by atoms with van der Waals surface area (Å²) in [4.78, 5) is 0. The summed E-state index contributed by atoms with van der Waals surface area (Å²) in [5.41, 5.74) is 3.85. The van der Waals surface area contributed by atoms with Crippen LogP contribution in [0.25, 0.3) is 22.3 Å². The summed E-state index contributed by atoms with van der Waals surface area (Å²) in [6, 6.07) is 47.1. The normalized spacial score (nSPS) is 11.4. The van der Waals surface area contributed by atoms with E-state index in [9.17, 15) is 13.2 Å². The molecule has 0 aliphatic carbocycles. The molecule has 0 aliphatic rings. The van der Waals surface area contributed by atoms with E-state index in [0.29, 0.717) is 0 Å². The molecule has 0 atom stereocenters. The molecule has 0 N–H and O–H groups in total. The van der Waals surface area contributed by atoms with E-state index in [1.165, 1.54) is 41.6 Å². The highest BCUT2D eigenvalue weighted by molar-refractivity contribution is 7.19. The fourth-order valence-electron chi connectivity index (χ4n) is 5.50. The monoisotopic (exact) mass is 542 g/mol. The maximum atomic E-state index is 14.2. The van der Waals surface area contributed by atoms with Crippen molar-refractivity contribution in [2.75, 3.05) is 0 Å². The van der Waals surface area contributed by atoms with E-state index in [4.69, 9.17) is 0 Å². The first-order valence-electron chi connectivity index (χ1n) is 13.1. The second-order valence-electron chi connectivity index (χ2n) is 9.79. The summed E-state index contributed by atoms with van der Waals surface area (Å²) < 4.78 is 41.2. The Labute approximate surface area is 233 Å². The lowest BCUT2D eigenvalue weighted by atomic mass is 10.1. The Bertz CT molecular complexity index is 1620. The highest BCUT2D eigenvalue weighted by Gasteiger charge is 2.41. The fraction of sp³-hybridized carbons (Fsp3) is 0. The Balaban J connectivity index is 1.56. The highest BCUT2D eigenvalue weighted by atomic mass is 28.3. The lowest BCUT2D eigenvalue weighted by molar-refractivity contribution is 0.627. The average molecular weight is 543 g/mol. The Kier molecular flexibility index (Phi) is 6.93. The fourth-order valence-corrected chi connectivity index (χ4v) is 10.2. The van der Waals surface area contributed by atoms with Crippen molar-refractivity contribution < 1.29 is 13.2 Å². The molecule has 4 heteroatoms. The summed E-state index contributed by atoms with van der Waals surface area (Å²) in [5.74, 6) is -0.814. The molecule has 0 fully saturated rings. The van der Waals surface area contributed by atoms with Crippen LogP contribution in [0.5, 0.6) is 0 Å². The van der Waals surface area contributed by atoms with Gasteiger partial charge >= 0.3 is 0 Å². The third-order valence-corrected chi connectivity index (χ3v) is 12.3. The summed E-state index contributed by atoms with van der Waals surface area (Å²) in [6.07, 6.45) is 0. The molecule has 0 unspecified atom stereocenters. The van der Waals surface area contributed by atoms with Gasteiger partial charge < -0.3 is 0 Å². The lowest BCUT2D eigenvalue weighted by Crippen LogP contribution is -2.74. The largest absolute Gasteiger partial charge is 0.207 e. The molecule has 0 spiro atoms. The van der Waals surface area contributed by atoms with Gasteiger partial charge in [-0.3, -0.25) is 0 Å². The zero-order valence-electron chi connectivity index (χ0n) is 21.6. The summed E-state index contributed by atoms with van der Waals surface area (Å²) in [7, 11) is -2.88. The molecule has 0 amide bonds. The summed E-state index contributed by atoms with van der Waals surface area (Å²) in [6.45, 7) is 0. The van der Waals surface area contributed by atoms with Crippen LogP contribution in [-0.2, 0) is 0 Å². The topological polar surface area (TPSA) is 0 Å². The maximum absolute atomic E-state index is 14.2. The predicted octanol–water partition coefficient (Wildman–Crippen LogP) is 6.82. The molecule has 0 heterocycles. The Hall–Kier alpha value is -4.67. The first-order valence-corrected chi connectivity index (χ1v) is 15.1. The van der Waals surface area contributed by atoms with Crippen LogP contribution in [0.1, 0.15) is 0 Å². The van der Waals surface area contributed by atoms with Crippen molar-refractivity contribution in [1.82, 2.24) is 0 Å². The smallest absolute Gasteiger partial charge is 0.179 e. The van der Waals surface area contributed by atoms with Gasteiger partial charge in [-0.05, 0) is 79.4 Å². The van der Waals surface area contributed by atoms with Gasteiger partial charge in [0.1, 0.15) is 17.5 Å². The van der Waals surface area contributed by atoms with E-state index in [0.717, 1.165) is 37.8 Å². The number of benzene rings is 6. The average Bonchev–Trinajstić information content (AvgIpc) is 3.00. The van der Waals surface area contributed by atoms with E-state index < -0.39 is 8.07 Å². The van der Waals surface area contributed by atoms with E-state index in [1.54, 1.807) is 24.3 Å². The van der Waals surface area contributed by atoms with Crippen LogP contribution in [0, 0.1) is 17.5 Å². The van der Waals surface area contributed by atoms with Gasteiger partial charge in [0, 0.05) is 0 Å². The van der Waals surface area contributed by atoms with Crippen LogP contribution in [0.15, 0.2) is 152 Å². The number of halogens is 3. The molecule has 0 saturated carbocycles. The third kappa shape index (κ3) is 4.78. The van der Waals surface area contributed by atoms with Gasteiger partial charge in [-0.2, -0.15) is 0 Å². The molecule has 0 radical (unpaired) electrons. The predicted molar refractivity (Wildman–Crippen MR) is 161 cm³/mol. The molecule has 6 rings (SSSR count). The van der Waals surface area contributed by atoms with Crippen molar-refractivity contribution in [3.05, 3.63) is 169 Å². The SMILES string of the molecule is Fc1ccc(-c2ccc([Si](c3ccccc3)(c3ccc(F)cc3)c3ccc(-c4ccc(F)cc4)cc3)cc2)cc1. The minimum atomic E-state index is -2.88. The third-order valence-electron chi connectivity index (χ3n) is 7.47. The highest BCUT2D eigenvalue weighted by Crippen LogP contribution is 2.22. The first kappa shape index (κ1) is 25.6. The zero-order valence-corrected chi connectivity index (χ0v) is 22.6. The molecule has 0 saturated heterocycles. The second kappa shape index (κ2) is 10.8. The minimum absolute atomic E-state index is 0.267. The molecular weight excluding hydrogens is 517 g/mol. The second-order valence-corrected chi connectivity index (χ2v) is 13.6. The summed E-state index contributed by atoms with van der Waals surface area (Å²) >= 11 is 0. The van der Waals surface area contributed by atoms with Gasteiger partial charge in [0.05, 0.1) is 0 Å². The van der Waals surface area contributed by atoms with Crippen LogP contribution in [0.4, 0.5) is 13.2 Å². The quantitative estimate of drug-likeness (QED) is 0.160. The molecule has 40 heavy (non-hydrogen) atoms. The standard InChI is InChI=1S/C36H25F3Si/c37-30-14-6-26(7-15-30)28-10-20-34(21-11-28)40(33-4-2-1-3-5-33,36-24-18-32(39)19-25-36)35-22-12-29(13-23-35)27-8-16-31(38)17-9-27/h1-25H. The van der Waals surface area contributed by atoms with E-state index >= 15 is 0 Å². The molecule has 0 bridgehead atoms. The van der Waals surface area contributed by atoms with Crippen molar-refractivity contribution in [3.63, 3.8) is 0 Å². The van der Waals surface area contributed by atoms with Gasteiger partial charge in [0.15, 0.2) is 8.07 Å². The van der Waals surface area contributed by atoms with Gasteiger partial charge in [-0.25, -0.2) is 13.2 Å². The number of rotatable bonds is 6. The van der Waals surface area contributed by atoms with Gasteiger partial charge in [-0.15, -0.1) is 0 Å². The van der Waals surface area contributed by atoms with Crippen LogP contribution in [0.3, 0.4) is 0 Å². The van der Waals surface area contributed by atoms with Gasteiger partial charge in [0.25, 0.3) is 0 Å². The first-order chi connectivity index (χ1) is 19.5. The van der Waals surface area contributed by atoms with E-state index in [2.05, 4.69) is 60.7 Å². The Morgan fingerprint density at radius 3 is 0.875 bits per heavy atom. The Morgan fingerprint density at radius 2 is 0.525 bits per heavy atom. The van der Waals surface area contributed by atoms with Crippen LogP contribution in [0.2, 0.25) is 0 Å². The van der Waals surface area contributed by atoms with Crippen molar-refractivity contribution in [2.45, 2.75) is 0 Å². The molecule has 0 nitrogen and oxygen atoms in total. The van der Waals surface area contributed by atoms with Gasteiger partial charge in [-0.1, -0.05) is 115 Å². The minimum Gasteiger partial charge on any atom is -0.207 e. The van der Waals surface area contributed by atoms with Crippen molar-refractivity contribution in [2.24, 2.45) is 0 Å². The summed E-state index contributed by atoms with van der Waals surface area (Å²) in [5, 5.41) is 4.52. The van der Waals surface area contributed by atoms with E-state index in [-0.39, 0.29) is 17.5 Å². The molecule has 0 aliphatic heterocycles. The van der Waals surface area contributed by atoms with Gasteiger partial charge in [0.2, 0.25) is 0 Å².